The molecule has 0 aromatic heterocycles. The topological polar surface area (TPSA) is 60.2 Å². The summed E-state index contributed by atoms with van der Waals surface area (Å²) in [5.41, 5.74) is 5.95. The fourth-order valence-electron chi connectivity index (χ4n) is 2.54. The summed E-state index contributed by atoms with van der Waals surface area (Å²) in [6.45, 7) is 0. The van der Waals surface area contributed by atoms with Crippen LogP contribution in [0.25, 0.3) is 0 Å². The van der Waals surface area contributed by atoms with Gasteiger partial charge in [0.25, 0.3) is 0 Å². The van der Waals surface area contributed by atoms with Crippen molar-refractivity contribution in [1.29, 1.82) is 0 Å². The van der Waals surface area contributed by atoms with Gasteiger partial charge in [0.1, 0.15) is 0 Å². The van der Waals surface area contributed by atoms with Gasteiger partial charge >= 0.3 is 0 Å². The first-order chi connectivity index (χ1) is 6.52. The SMILES string of the molecule is NC1(CC2CCCCS2(=O)=O)CCC1. The fourth-order valence-corrected chi connectivity index (χ4v) is 4.59. The lowest BCUT2D eigenvalue weighted by Crippen LogP contribution is -2.50. The summed E-state index contributed by atoms with van der Waals surface area (Å²) in [6.07, 6.45) is 6.63. The van der Waals surface area contributed by atoms with Crippen molar-refractivity contribution in [3.8, 4) is 0 Å². The van der Waals surface area contributed by atoms with E-state index in [0.717, 1.165) is 32.1 Å². The molecule has 0 bridgehead atoms. The lowest BCUT2D eigenvalue weighted by molar-refractivity contribution is 0.224. The Balaban J connectivity index is 2.02. The summed E-state index contributed by atoms with van der Waals surface area (Å²) in [4.78, 5) is 0. The molecule has 0 radical (unpaired) electrons. The zero-order valence-electron chi connectivity index (χ0n) is 8.54. The van der Waals surface area contributed by atoms with Crippen LogP contribution in [0.1, 0.15) is 44.9 Å². The van der Waals surface area contributed by atoms with E-state index in [1.807, 2.05) is 0 Å². The second-order valence-electron chi connectivity index (χ2n) is 4.90. The monoisotopic (exact) mass is 217 g/mol. The van der Waals surface area contributed by atoms with Gasteiger partial charge in [-0.05, 0) is 38.5 Å². The van der Waals surface area contributed by atoms with Gasteiger partial charge in [-0.25, -0.2) is 8.42 Å². The minimum absolute atomic E-state index is 0.137. The highest BCUT2D eigenvalue weighted by Gasteiger charge is 2.39. The molecule has 1 saturated heterocycles. The zero-order chi connectivity index (χ0) is 10.2. The summed E-state index contributed by atoms with van der Waals surface area (Å²) in [6, 6.07) is 0. The fraction of sp³-hybridized carbons (Fsp3) is 1.00. The van der Waals surface area contributed by atoms with Crippen LogP contribution in [0.2, 0.25) is 0 Å². The van der Waals surface area contributed by atoms with E-state index < -0.39 is 9.84 Å². The Morgan fingerprint density at radius 3 is 2.43 bits per heavy atom. The van der Waals surface area contributed by atoms with Gasteiger partial charge in [0.15, 0.2) is 9.84 Å². The lowest BCUT2D eigenvalue weighted by atomic mass is 9.74. The molecule has 1 unspecified atom stereocenters. The van der Waals surface area contributed by atoms with E-state index in [1.165, 1.54) is 6.42 Å². The Hall–Kier alpha value is -0.0900. The molecule has 0 aromatic carbocycles. The van der Waals surface area contributed by atoms with E-state index in [-0.39, 0.29) is 10.8 Å². The van der Waals surface area contributed by atoms with Crippen molar-refractivity contribution in [3.63, 3.8) is 0 Å². The predicted octanol–water partition coefficient (Wildman–Crippen LogP) is 1.23. The highest BCUT2D eigenvalue weighted by atomic mass is 32.2. The standard InChI is InChI=1S/C10H19NO2S/c11-10(5-3-6-10)8-9-4-1-2-7-14(9,12)13/h9H,1-8,11H2. The van der Waals surface area contributed by atoms with Gasteiger partial charge in [0.05, 0.1) is 11.0 Å². The van der Waals surface area contributed by atoms with E-state index in [2.05, 4.69) is 0 Å². The molecule has 0 spiro atoms. The highest BCUT2D eigenvalue weighted by molar-refractivity contribution is 7.92. The molecule has 0 amide bonds. The molecule has 82 valence electrons. The van der Waals surface area contributed by atoms with E-state index >= 15 is 0 Å². The number of hydrogen-bond donors (Lipinski definition) is 1. The lowest BCUT2D eigenvalue weighted by Gasteiger charge is -2.41. The first-order valence-electron chi connectivity index (χ1n) is 5.52. The third-order valence-electron chi connectivity index (χ3n) is 3.70. The minimum atomic E-state index is -2.81. The van der Waals surface area contributed by atoms with Gasteiger partial charge in [-0.2, -0.15) is 0 Å². The number of nitrogens with two attached hydrogens (primary N) is 1. The van der Waals surface area contributed by atoms with Crippen LogP contribution in [0.4, 0.5) is 0 Å². The molecular formula is C10H19NO2S. The number of hydrogen-bond acceptors (Lipinski definition) is 3. The zero-order valence-corrected chi connectivity index (χ0v) is 9.35. The largest absolute Gasteiger partial charge is 0.325 e. The summed E-state index contributed by atoms with van der Waals surface area (Å²) in [7, 11) is -2.81. The molecule has 3 nitrogen and oxygen atoms in total. The molecule has 14 heavy (non-hydrogen) atoms. The van der Waals surface area contributed by atoms with Crippen molar-refractivity contribution >= 4 is 9.84 Å². The Bertz CT molecular complexity index is 306. The Morgan fingerprint density at radius 2 is 1.93 bits per heavy atom. The van der Waals surface area contributed by atoms with Crippen molar-refractivity contribution in [2.24, 2.45) is 5.73 Å². The number of rotatable bonds is 2. The van der Waals surface area contributed by atoms with Crippen molar-refractivity contribution in [1.82, 2.24) is 0 Å². The van der Waals surface area contributed by atoms with Crippen LogP contribution in [-0.4, -0.2) is 25.0 Å². The van der Waals surface area contributed by atoms with Crippen LogP contribution in [0.15, 0.2) is 0 Å². The van der Waals surface area contributed by atoms with E-state index in [9.17, 15) is 8.42 Å². The molecule has 1 aliphatic heterocycles. The molecule has 2 N–H and O–H groups in total. The normalized spacial score (nSPS) is 34.8. The van der Waals surface area contributed by atoms with Crippen LogP contribution in [-0.2, 0) is 9.84 Å². The van der Waals surface area contributed by atoms with E-state index in [0.29, 0.717) is 12.2 Å². The van der Waals surface area contributed by atoms with Crippen molar-refractivity contribution in [2.45, 2.75) is 55.7 Å². The van der Waals surface area contributed by atoms with Crippen LogP contribution in [0.3, 0.4) is 0 Å². The molecule has 2 aliphatic rings. The molecule has 1 heterocycles. The van der Waals surface area contributed by atoms with Gasteiger partial charge in [-0.1, -0.05) is 6.42 Å². The molecule has 2 fully saturated rings. The quantitative estimate of drug-likeness (QED) is 0.756. The maximum atomic E-state index is 11.7. The molecule has 0 aromatic rings. The Morgan fingerprint density at radius 1 is 1.21 bits per heavy atom. The van der Waals surface area contributed by atoms with E-state index in [1.54, 1.807) is 0 Å². The maximum Gasteiger partial charge on any atom is 0.153 e. The van der Waals surface area contributed by atoms with Gasteiger partial charge in [0, 0.05) is 5.54 Å². The van der Waals surface area contributed by atoms with Crippen LogP contribution >= 0.6 is 0 Å². The third-order valence-corrected chi connectivity index (χ3v) is 5.97. The molecule has 1 saturated carbocycles. The Kier molecular flexibility index (Phi) is 2.60. The summed E-state index contributed by atoms with van der Waals surface area (Å²) in [5.74, 6) is 0.383. The van der Waals surface area contributed by atoms with Crippen molar-refractivity contribution < 1.29 is 8.42 Å². The smallest absolute Gasteiger partial charge is 0.153 e. The van der Waals surface area contributed by atoms with Crippen LogP contribution in [0, 0.1) is 0 Å². The predicted molar refractivity (Wildman–Crippen MR) is 56.8 cm³/mol. The third kappa shape index (κ3) is 1.96. The average Bonchev–Trinajstić information content (AvgIpc) is 2.06. The number of sulfone groups is 1. The summed E-state index contributed by atoms with van der Waals surface area (Å²) in [5, 5.41) is -0.137. The van der Waals surface area contributed by atoms with Gasteiger partial charge in [-0.3, -0.25) is 0 Å². The minimum Gasteiger partial charge on any atom is -0.325 e. The molecule has 1 atom stereocenters. The van der Waals surface area contributed by atoms with Crippen molar-refractivity contribution in [2.75, 3.05) is 5.75 Å². The highest BCUT2D eigenvalue weighted by Crippen LogP contribution is 2.37. The van der Waals surface area contributed by atoms with Gasteiger partial charge < -0.3 is 5.73 Å². The second kappa shape index (κ2) is 3.49. The molecule has 1 aliphatic carbocycles. The van der Waals surface area contributed by atoms with Gasteiger partial charge in [-0.15, -0.1) is 0 Å². The van der Waals surface area contributed by atoms with Gasteiger partial charge in [0.2, 0.25) is 0 Å². The molecule has 4 heteroatoms. The molecule has 2 rings (SSSR count). The van der Waals surface area contributed by atoms with Crippen LogP contribution in [0.5, 0.6) is 0 Å². The summed E-state index contributed by atoms with van der Waals surface area (Å²) >= 11 is 0. The van der Waals surface area contributed by atoms with E-state index in [4.69, 9.17) is 5.73 Å². The van der Waals surface area contributed by atoms with Crippen LogP contribution < -0.4 is 5.73 Å². The average molecular weight is 217 g/mol. The van der Waals surface area contributed by atoms with Crippen molar-refractivity contribution in [3.05, 3.63) is 0 Å². The Labute approximate surface area is 86.0 Å². The maximum absolute atomic E-state index is 11.7. The molecular weight excluding hydrogens is 198 g/mol. The summed E-state index contributed by atoms with van der Waals surface area (Å²) < 4.78 is 23.5. The first-order valence-corrected chi connectivity index (χ1v) is 7.24. The second-order valence-corrected chi connectivity index (χ2v) is 7.31. The first kappa shape index (κ1) is 10.4.